The van der Waals surface area contributed by atoms with Crippen molar-refractivity contribution < 1.29 is 9.59 Å². The Labute approximate surface area is 288 Å². The van der Waals surface area contributed by atoms with Crippen LogP contribution < -0.4 is 4.90 Å². The third-order valence-corrected chi connectivity index (χ3v) is 9.57. The first-order chi connectivity index (χ1) is 24.6. The molecule has 0 fully saturated rings. The molecule has 0 N–H and O–H groups in total. The highest BCUT2D eigenvalue weighted by Gasteiger charge is 2.40. The molecule has 0 bridgehead atoms. The van der Waals surface area contributed by atoms with Gasteiger partial charge in [-0.25, -0.2) is 9.74 Å². The molecule has 9 rings (SSSR count). The van der Waals surface area contributed by atoms with Gasteiger partial charge in [0, 0.05) is 16.3 Å². The Morgan fingerprint density at radius 3 is 1.82 bits per heavy atom. The van der Waals surface area contributed by atoms with E-state index in [1.165, 1.54) is 4.90 Å². The second kappa shape index (κ2) is 11.6. The summed E-state index contributed by atoms with van der Waals surface area (Å²) in [4.78, 5) is 34.0. The molecule has 0 aliphatic carbocycles. The van der Waals surface area contributed by atoms with Crippen LogP contribution in [0.4, 0.5) is 11.4 Å². The summed E-state index contributed by atoms with van der Waals surface area (Å²) < 4.78 is 2.10. The predicted molar refractivity (Wildman–Crippen MR) is 201 cm³/mol. The van der Waals surface area contributed by atoms with E-state index in [2.05, 4.69) is 51.9 Å². The molecule has 7 aromatic carbocycles. The maximum atomic E-state index is 14.8. The number of imide groups is 1. The summed E-state index contributed by atoms with van der Waals surface area (Å²) in [5.41, 5.74) is 10.1. The summed E-state index contributed by atoms with van der Waals surface area (Å²) in [5, 5.41) is 2.09. The summed E-state index contributed by atoms with van der Waals surface area (Å²) in [6.07, 6.45) is 0. The Balaban J connectivity index is 1.23. The average molecular weight is 642 g/mol. The molecule has 0 spiro atoms. The highest BCUT2D eigenvalue weighted by atomic mass is 16.2. The third-order valence-electron chi connectivity index (χ3n) is 9.57. The quantitative estimate of drug-likeness (QED) is 0.139. The summed E-state index contributed by atoms with van der Waals surface area (Å²) in [5.74, 6) is -0.708. The molecular formula is C45H27N3O2. The SMILES string of the molecule is [C-]#[N+]c1ccc(-c2ccc3c4ccccc4n(-c4cccc5c4C(=O)N(c4ccc(-c6ccccc6)cc4-c4ccccc4)C5=O)c3c2)cc1. The molecule has 0 saturated heterocycles. The fourth-order valence-electron chi connectivity index (χ4n) is 7.20. The van der Waals surface area contributed by atoms with Gasteiger partial charge >= 0.3 is 0 Å². The van der Waals surface area contributed by atoms with Crippen molar-refractivity contribution in [1.29, 1.82) is 0 Å². The number of hydrogen-bond donors (Lipinski definition) is 0. The molecule has 2 heterocycles. The molecule has 1 aromatic heterocycles. The van der Waals surface area contributed by atoms with Crippen LogP contribution in [-0.4, -0.2) is 16.4 Å². The second-order valence-electron chi connectivity index (χ2n) is 12.4. The molecule has 234 valence electrons. The summed E-state index contributed by atoms with van der Waals surface area (Å²) in [7, 11) is 0. The standard InChI is InChI=1S/C45H27N3O2/c1-46-34-23-19-30(20-24-34)33-21-25-36-35-15-8-9-17-39(35)47(42(36)28-33)41-18-10-16-37-43(41)45(50)48(44(37)49)40-26-22-32(29-11-4-2-5-12-29)27-38(40)31-13-6-3-7-14-31/h2-28H. The van der Waals surface area contributed by atoms with Gasteiger partial charge in [-0.1, -0.05) is 127 Å². The van der Waals surface area contributed by atoms with Crippen molar-refractivity contribution in [1.82, 2.24) is 4.57 Å². The van der Waals surface area contributed by atoms with E-state index in [0.29, 0.717) is 28.2 Å². The topological polar surface area (TPSA) is 46.7 Å². The van der Waals surface area contributed by atoms with Crippen molar-refractivity contribution in [2.75, 3.05) is 4.90 Å². The smallest absolute Gasteiger partial charge is 0.268 e. The van der Waals surface area contributed by atoms with Crippen LogP contribution in [0.15, 0.2) is 164 Å². The first-order valence-corrected chi connectivity index (χ1v) is 16.4. The van der Waals surface area contributed by atoms with Crippen molar-refractivity contribution in [3.8, 4) is 39.1 Å². The maximum Gasteiger partial charge on any atom is 0.268 e. The van der Waals surface area contributed by atoms with Gasteiger partial charge in [0.25, 0.3) is 11.8 Å². The van der Waals surface area contributed by atoms with Gasteiger partial charge in [-0.15, -0.1) is 0 Å². The van der Waals surface area contributed by atoms with Crippen LogP contribution in [0.3, 0.4) is 0 Å². The minimum absolute atomic E-state index is 0.349. The molecule has 2 amide bonds. The monoisotopic (exact) mass is 641 g/mol. The number of nitrogens with zero attached hydrogens (tertiary/aromatic N) is 3. The Hall–Kier alpha value is -7.03. The molecular weight excluding hydrogens is 615 g/mol. The number of anilines is 1. The number of rotatable bonds is 5. The minimum Gasteiger partial charge on any atom is -0.308 e. The lowest BCUT2D eigenvalue weighted by Gasteiger charge is -2.20. The first kappa shape index (κ1) is 29.1. The molecule has 8 aromatic rings. The molecule has 1 aliphatic rings. The van der Waals surface area contributed by atoms with Crippen LogP contribution in [0.2, 0.25) is 0 Å². The molecule has 0 unspecified atom stereocenters. The molecule has 0 atom stereocenters. The molecule has 50 heavy (non-hydrogen) atoms. The van der Waals surface area contributed by atoms with E-state index in [0.717, 1.165) is 55.2 Å². The van der Waals surface area contributed by atoms with Crippen molar-refractivity contribution in [3.05, 3.63) is 186 Å². The number of amides is 2. The zero-order valence-electron chi connectivity index (χ0n) is 26.7. The Morgan fingerprint density at radius 2 is 1.06 bits per heavy atom. The van der Waals surface area contributed by atoms with Crippen molar-refractivity contribution in [2.24, 2.45) is 0 Å². The summed E-state index contributed by atoms with van der Waals surface area (Å²) >= 11 is 0. The third kappa shape index (κ3) is 4.55. The highest BCUT2D eigenvalue weighted by Crippen LogP contribution is 2.42. The zero-order chi connectivity index (χ0) is 33.8. The number of aromatic nitrogens is 1. The van der Waals surface area contributed by atoms with Gasteiger partial charge in [-0.05, 0) is 64.2 Å². The number of para-hydroxylation sites is 1. The minimum atomic E-state index is -0.359. The molecule has 0 radical (unpaired) electrons. The van der Waals surface area contributed by atoms with E-state index in [4.69, 9.17) is 6.57 Å². The first-order valence-electron chi connectivity index (χ1n) is 16.4. The van der Waals surface area contributed by atoms with E-state index in [-0.39, 0.29) is 11.8 Å². The molecule has 5 heteroatoms. The second-order valence-corrected chi connectivity index (χ2v) is 12.4. The van der Waals surface area contributed by atoms with Crippen LogP contribution in [0, 0.1) is 6.57 Å². The van der Waals surface area contributed by atoms with Crippen LogP contribution in [0.1, 0.15) is 20.7 Å². The van der Waals surface area contributed by atoms with E-state index < -0.39 is 0 Å². The highest BCUT2D eigenvalue weighted by molar-refractivity contribution is 6.36. The lowest BCUT2D eigenvalue weighted by Crippen LogP contribution is -2.30. The van der Waals surface area contributed by atoms with Gasteiger partial charge in [0.1, 0.15) is 0 Å². The number of fused-ring (bicyclic) bond motifs is 4. The van der Waals surface area contributed by atoms with Gasteiger partial charge in [-0.2, -0.15) is 0 Å². The number of hydrogen-bond acceptors (Lipinski definition) is 2. The van der Waals surface area contributed by atoms with Crippen molar-refractivity contribution in [2.45, 2.75) is 0 Å². The van der Waals surface area contributed by atoms with Crippen LogP contribution in [0.5, 0.6) is 0 Å². The normalized spacial score (nSPS) is 12.4. The number of carbonyl (C=O) groups excluding carboxylic acids is 2. The molecule has 0 saturated carbocycles. The number of benzene rings is 7. The van der Waals surface area contributed by atoms with E-state index in [1.54, 1.807) is 6.07 Å². The fourth-order valence-corrected chi connectivity index (χ4v) is 7.20. The van der Waals surface area contributed by atoms with Gasteiger partial charge in [0.05, 0.1) is 40.1 Å². The Kier molecular flexibility index (Phi) is 6.75. The van der Waals surface area contributed by atoms with E-state index in [9.17, 15) is 9.59 Å². The van der Waals surface area contributed by atoms with Gasteiger partial charge < -0.3 is 4.57 Å². The number of carbonyl (C=O) groups is 2. The largest absolute Gasteiger partial charge is 0.308 e. The van der Waals surface area contributed by atoms with Gasteiger partial charge in [0.2, 0.25) is 0 Å². The Bertz CT molecular complexity index is 2690. The van der Waals surface area contributed by atoms with E-state index in [1.807, 2.05) is 115 Å². The lowest BCUT2D eigenvalue weighted by molar-refractivity contribution is 0.0926. The maximum absolute atomic E-state index is 14.8. The summed E-state index contributed by atoms with van der Waals surface area (Å²) in [6, 6.07) is 53.4. The Morgan fingerprint density at radius 1 is 0.440 bits per heavy atom. The average Bonchev–Trinajstić information content (AvgIpc) is 3.65. The van der Waals surface area contributed by atoms with Crippen LogP contribution >= 0.6 is 0 Å². The van der Waals surface area contributed by atoms with Crippen molar-refractivity contribution in [3.63, 3.8) is 0 Å². The summed E-state index contributed by atoms with van der Waals surface area (Å²) in [6.45, 7) is 7.34. The van der Waals surface area contributed by atoms with Crippen molar-refractivity contribution >= 4 is 45.0 Å². The van der Waals surface area contributed by atoms with Crippen LogP contribution in [0.25, 0.3) is 65.7 Å². The van der Waals surface area contributed by atoms with E-state index >= 15 is 0 Å². The zero-order valence-corrected chi connectivity index (χ0v) is 26.7. The molecule has 1 aliphatic heterocycles. The van der Waals surface area contributed by atoms with Crippen LogP contribution in [-0.2, 0) is 0 Å². The predicted octanol–water partition coefficient (Wildman–Crippen LogP) is 11.1. The lowest BCUT2D eigenvalue weighted by atomic mass is 9.97. The fraction of sp³-hybridized carbons (Fsp3) is 0. The van der Waals surface area contributed by atoms with Gasteiger partial charge in [-0.3, -0.25) is 9.59 Å². The molecule has 5 nitrogen and oxygen atoms in total. The van der Waals surface area contributed by atoms with Gasteiger partial charge in [0.15, 0.2) is 5.69 Å².